The molecule has 1 aromatic rings. The first-order valence-corrected chi connectivity index (χ1v) is 8.50. The average molecular weight is 321 g/mol. The minimum Gasteiger partial charge on any atom is -0.444 e. The van der Waals surface area contributed by atoms with Crippen molar-refractivity contribution in [3.05, 3.63) is 35.6 Å². The maximum Gasteiger partial charge on any atom is 0.410 e. The van der Waals surface area contributed by atoms with Crippen molar-refractivity contribution in [3.8, 4) is 0 Å². The van der Waals surface area contributed by atoms with E-state index in [2.05, 4.69) is 6.92 Å². The molecule has 0 radical (unpaired) electrons. The standard InChI is InChI=1S/C19H28FNO2/c1-5-19(15-9-6-7-10-16(15)20)11-8-13-21(14-12-19)17(22)23-18(2,3)4/h6-7,9-10H,5,8,11-14H2,1-4H3. The van der Waals surface area contributed by atoms with E-state index in [1.807, 2.05) is 32.9 Å². The fourth-order valence-corrected chi connectivity index (χ4v) is 3.41. The van der Waals surface area contributed by atoms with E-state index >= 15 is 0 Å². The van der Waals surface area contributed by atoms with Crippen LogP contribution in [-0.2, 0) is 10.2 Å². The first-order valence-electron chi connectivity index (χ1n) is 8.50. The number of carbonyl (C=O) groups is 1. The summed E-state index contributed by atoms with van der Waals surface area (Å²) in [4.78, 5) is 14.1. The van der Waals surface area contributed by atoms with Crippen LogP contribution in [0.1, 0.15) is 58.9 Å². The van der Waals surface area contributed by atoms with Gasteiger partial charge >= 0.3 is 6.09 Å². The molecule has 0 aliphatic carbocycles. The van der Waals surface area contributed by atoms with Crippen LogP contribution < -0.4 is 0 Å². The normalized spacial score (nSPS) is 22.6. The highest BCUT2D eigenvalue weighted by molar-refractivity contribution is 5.68. The first-order chi connectivity index (χ1) is 10.8. The van der Waals surface area contributed by atoms with Gasteiger partial charge in [-0.2, -0.15) is 0 Å². The molecule has 1 atom stereocenters. The molecule has 1 unspecified atom stereocenters. The van der Waals surface area contributed by atoms with Gasteiger partial charge in [0.2, 0.25) is 0 Å². The SMILES string of the molecule is CCC1(c2ccccc2F)CCCN(C(=O)OC(C)(C)C)CC1. The van der Waals surface area contributed by atoms with E-state index in [9.17, 15) is 9.18 Å². The molecule has 0 saturated carbocycles. The summed E-state index contributed by atoms with van der Waals surface area (Å²) in [5.41, 5.74) is 0.104. The quantitative estimate of drug-likeness (QED) is 0.776. The summed E-state index contributed by atoms with van der Waals surface area (Å²) in [7, 11) is 0. The highest BCUT2D eigenvalue weighted by atomic mass is 19.1. The molecule has 0 N–H and O–H groups in total. The van der Waals surface area contributed by atoms with Crippen LogP contribution in [-0.4, -0.2) is 29.7 Å². The summed E-state index contributed by atoms with van der Waals surface area (Å²) in [5.74, 6) is -0.139. The summed E-state index contributed by atoms with van der Waals surface area (Å²) >= 11 is 0. The van der Waals surface area contributed by atoms with Crippen LogP contribution in [0, 0.1) is 5.82 Å². The molecule has 1 aliphatic heterocycles. The number of nitrogens with zero attached hydrogens (tertiary/aromatic N) is 1. The third kappa shape index (κ3) is 4.24. The van der Waals surface area contributed by atoms with Crippen LogP contribution in [0.15, 0.2) is 24.3 Å². The van der Waals surface area contributed by atoms with Crippen molar-refractivity contribution in [2.45, 2.75) is 64.4 Å². The number of benzene rings is 1. The number of amides is 1. The second-order valence-corrected chi connectivity index (χ2v) is 7.43. The maximum absolute atomic E-state index is 14.3. The van der Waals surface area contributed by atoms with Gasteiger partial charge in [0.05, 0.1) is 0 Å². The lowest BCUT2D eigenvalue weighted by Gasteiger charge is -2.33. The molecular weight excluding hydrogens is 293 g/mol. The Morgan fingerprint density at radius 2 is 1.96 bits per heavy atom. The maximum atomic E-state index is 14.3. The number of rotatable bonds is 2. The van der Waals surface area contributed by atoms with Gasteiger partial charge < -0.3 is 9.64 Å². The van der Waals surface area contributed by atoms with Crippen LogP contribution in [0.5, 0.6) is 0 Å². The zero-order valence-electron chi connectivity index (χ0n) is 14.7. The molecule has 3 nitrogen and oxygen atoms in total. The monoisotopic (exact) mass is 321 g/mol. The minimum atomic E-state index is -0.489. The van der Waals surface area contributed by atoms with Crippen LogP contribution >= 0.6 is 0 Å². The molecule has 1 amide bonds. The molecule has 23 heavy (non-hydrogen) atoms. The number of ether oxygens (including phenoxy) is 1. The number of carbonyl (C=O) groups excluding carboxylic acids is 1. The molecule has 0 bridgehead atoms. The van der Waals surface area contributed by atoms with Crippen molar-refractivity contribution in [1.29, 1.82) is 0 Å². The predicted octanol–water partition coefficient (Wildman–Crippen LogP) is 4.89. The summed E-state index contributed by atoms with van der Waals surface area (Å²) in [6.07, 6.45) is 3.13. The lowest BCUT2D eigenvalue weighted by molar-refractivity contribution is 0.0254. The van der Waals surface area contributed by atoms with Gasteiger partial charge in [0.1, 0.15) is 11.4 Å². The van der Waals surface area contributed by atoms with Gasteiger partial charge in [0, 0.05) is 13.1 Å². The van der Waals surface area contributed by atoms with E-state index in [0.717, 1.165) is 31.2 Å². The number of likely N-dealkylation sites (tertiary alicyclic amines) is 1. The van der Waals surface area contributed by atoms with Crippen molar-refractivity contribution < 1.29 is 13.9 Å². The summed E-state index contributed by atoms with van der Waals surface area (Å²) < 4.78 is 19.8. The highest BCUT2D eigenvalue weighted by Crippen LogP contribution is 2.39. The van der Waals surface area contributed by atoms with Crippen LogP contribution in [0.25, 0.3) is 0 Å². The second-order valence-electron chi connectivity index (χ2n) is 7.43. The second kappa shape index (κ2) is 6.90. The molecule has 4 heteroatoms. The minimum absolute atomic E-state index is 0.139. The summed E-state index contributed by atoms with van der Waals surface area (Å²) in [6.45, 7) is 9.01. The van der Waals surface area contributed by atoms with E-state index in [1.54, 1.807) is 11.0 Å². The van der Waals surface area contributed by atoms with E-state index in [0.29, 0.717) is 13.1 Å². The van der Waals surface area contributed by atoms with Crippen molar-refractivity contribution in [1.82, 2.24) is 4.90 Å². The number of hydrogen-bond donors (Lipinski definition) is 0. The van der Waals surface area contributed by atoms with Crippen LogP contribution in [0.3, 0.4) is 0 Å². The fraction of sp³-hybridized carbons (Fsp3) is 0.632. The molecule has 2 rings (SSSR count). The Morgan fingerprint density at radius 3 is 2.57 bits per heavy atom. The lowest BCUT2D eigenvalue weighted by atomic mass is 9.72. The van der Waals surface area contributed by atoms with Crippen LogP contribution in [0.4, 0.5) is 9.18 Å². The van der Waals surface area contributed by atoms with Gasteiger partial charge in [-0.15, -0.1) is 0 Å². The van der Waals surface area contributed by atoms with Gasteiger partial charge in [-0.25, -0.2) is 9.18 Å². The Bertz CT molecular complexity index is 553. The lowest BCUT2D eigenvalue weighted by Crippen LogP contribution is -2.38. The fourth-order valence-electron chi connectivity index (χ4n) is 3.41. The third-order valence-corrected chi connectivity index (χ3v) is 4.72. The summed E-state index contributed by atoms with van der Waals surface area (Å²) in [5, 5.41) is 0. The number of hydrogen-bond acceptors (Lipinski definition) is 2. The topological polar surface area (TPSA) is 29.5 Å². The first kappa shape index (κ1) is 17.8. The van der Waals surface area contributed by atoms with E-state index in [1.165, 1.54) is 6.07 Å². The average Bonchev–Trinajstić information content (AvgIpc) is 2.69. The molecule has 1 fully saturated rings. The molecule has 1 saturated heterocycles. The smallest absolute Gasteiger partial charge is 0.410 e. The Kier molecular flexibility index (Phi) is 5.33. The van der Waals surface area contributed by atoms with E-state index < -0.39 is 5.60 Å². The van der Waals surface area contributed by atoms with Gasteiger partial charge in [0.15, 0.2) is 0 Å². The van der Waals surface area contributed by atoms with E-state index in [4.69, 9.17) is 4.74 Å². The third-order valence-electron chi connectivity index (χ3n) is 4.72. The highest BCUT2D eigenvalue weighted by Gasteiger charge is 2.36. The molecule has 0 aromatic heterocycles. The molecule has 1 aromatic carbocycles. The van der Waals surface area contributed by atoms with Crippen LogP contribution in [0.2, 0.25) is 0 Å². The van der Waals surface area contributed by atoms with Gasteiger partial charge in [-0.3, -0.25) is 0 Å². The molecule has 0 spiro atoms. The Hall–Kier alpha value is -1.58. The van der Waals surface area contributed by atoms with Gasteiger partial charge in [0.25, 0.3) is 0 Å². The predicted molar refractivity (Wildman–Crippen MR) is 90.0 cm³/mol. The Labute approximate surface area is 138 Å². The summed E-state index contributed by atoms with van der Waals surface area (Å²) in [6, 6.07) is 7.05. The van der Waals surface area contributed by atoms with E-state index in [-0.39, 0.29) is 17.3 Å². The molecule has 128 valence electrons. The van der Waals surface area contributed by atoms with Crippen molar-refractivity contribution in [2.24, 2.45) is 0 Å². The number of halogens is 1. The zero-order valence-corrected chi connectivity index (χ0v) is 14.7. The Balaban J connectivity index is 2.16. The van der Waals surface area contributed by atoms with Gasteiger partial charge in [-0.1, -0.05) is 25.1 Å². The molecule has 1 heterocycles. The zero-order chi connectivity index (χ0) is 17.1. The van der Waals surface area contributed by atoms with Crippen molar-refractivity contribution in [3.63, 3.8) is 0 Å². The van der Waals surface area contributed by atoms with Gasteiger partial charge in [-0.05, 0) is 63.5 Å². The molecule has 1 aliphatic rings. The molecular formula is C19H28FNO2. The van der Waals surface area contributed by atoms with Crippen molar-refractivity contribution in [2.75, 3.05) is 13.1 Å². The Morgan fingerprint density at radius 1 is 1.26 bits per heavy atom. The largest absolute Gasteiger partial charge is 0.444 e. The van der Waals surface area contributed by atoms with Crippen molar-refractivity contribution >= 4 is 6.09 Å².